The van der Waals surface area contributed by atoms with Crippen LogP contribution in [-0.2, 0) is 27.2 Å². The number of carbonyl (C=O) groups is 3. The summed E-state index contributed by atoms with van der Waals surface area (Å²) in [6, 6.07) is 28.6. The number of carboxylic acid groups (broad SMARTS) is 1. The van der Waals surface area contributed by atoms with Crippen molar-refractivity contribution in [3.8, 4) is 0 Å². The molecular weight excluding hydrogens is 476 g/mol. The molecule has 1 saturated heterocycles. The van der Waals surface area contributed by atoms with Crippen LogP contribution >= 0.6 is 0 Å². The summed E-state index contributed by atoms with van der Waals surface area (Å²) in [5, 5.41) is 13.3. The number of benzene rings is 3. The molecule has 38 heavy (non-hydrogen) atoms. The zero-order chi connectivity index (χ0) is 26.7. The van der Waals surface area contributed by atoms with Gasteiger partial charge in [0.15, 0.2) is 0 Å². The molecule has 1 aliphatic heterocycles. The molecule has 0 unspecified atom stereocenters. The highest BCUT2D eigenvalue weighted by Crippen LogP contribution is 2.22. The third-order valence-corrected chi connectivity index (χ3v) is 7.24. The Morgan fingerprint density at radius 3 is 2.03 bits per heavy atom. The molecule has 0 radical (unpaired) electrons. The van der Waals surface area contributed by atoms with E-state index in [9.17, 15) is 19.5 Å². The number of anilines is 1. The smallest absolute Gasteiger partial charge is 0.314 e. The number of hydrogen-bond donors (Lipinski definition) is 2. The molecule has 0 aromatic heterocycles. The van der Waals surface area contributed by atoms with Crippen molar-refractivity contribution in [3.05, 3.63) is 102 Å². The standard InChI is InChI=1S/C32H36N2O4/c35-30(28(32(37)38)21-25-14-6-2-7-15-25)22-26(20-24-12-4-1-5-13-24)23-33-29-18-10-11-19-34(31(29)36)27-16-8-3-9-17-27/h1-9,12-17,26,28-29,33H,10-11,18-23H2,(H,37,38)/t26-,28-,29-/m1/s1. The van der Waals surface area contributed by atoms with Crippen LogP contribution in [0.3, 0.4) is 0 Å². The summed E-state index contributed by atoms with van der Waals surface area (Å²) in [4.78, 5) is 40.7. The number of rotatable bonds is 12. The number of aliphatic carboxylic acids is 1. The highest BCUT2D eigenvalue weighted by atomic mass is 16.4. The van der Waals surface area contributed by atoms with Gasteiger partial charge < -0.3 is 15.3 Å². The summed E-state index contributed by atoms with van der Waals surface area (Å²) in [5.41, 5.74) is 2.81. The zero-order valence-corrected chi connectivity index (χ0v) is 21.7. The molecule has 1 heterocycles. The van der Waals surface area contributed by atoms with E-state index < -0.39 is 11.9 Å². The monoisotopic (exact) mass is 512 g/mol. The van der Waals surface area contributed by atoms with Gasteiger partial charge in [-0.25, -0.2) is 0 Å². The van der Waals surface area contributed by atoms with Gasteiger partial charge in [0.2, 0.25) is 5.91 Å². The molecular formula is C32H36N2O4. The Labute approximate surface area is 224 Å². The number of amides is 1. The summed E-state index contributed by atoms with van der Waals surface area (Å²) in [5.74, 6) is -2.55. The van der Waals surface area contributed by atoms with E-state index >= 15 is 0 Å². The summed E-state index contributed by atoms with van der Waals surface area (Å²) >= 11 is 0. The molecule has 2 N–H and O–H groups in total. The predicted molar refractivity (Wildman–Crippen MR) is 149 cm³/mol. The third kappa shape index (κ3) is 7.62. The van der Waals surface area contributed by atoms with Crippen molar-refractivity contribution in [2.75, 3.05) is 18.0 Å². The molecule has 3 aromatic rings. The van der Waals surface area contributed by atoms with Gasteiger partial charge in [0, 0.05) is 18.7 Å². The van der Waals surface area contributed by atoms with E-state index in [4.69, 9.17) is 0 Å². The third-order valence-electron chi connectivity index (χ3n) is 7.24. The van der Waals surface area contributed by atoms with Crippen molar-refractivity contribution in [1.29, 1.82) is 0 Å². The minimum absolute atomic E-state index is 0.0472. The molecule has 6 heteroatoms. The maximum Gasteiger partial charge on any atom is 0.314 e. The second kappa shape index (κ2) is 13.7. The van der Waals surface area contributed by atoms with Gasteiger partial charge in [-0.15, -0.1) is 0 Å². The number of hydrogen-bond acceptors (Lipinski definition) is 4. The van der Waals surface area contributed by atoms with E-state index in [1.54, 1.807) is 0 Å². The maximum atomic E-state index is 13.5. The van der Waals surface area contributed by atoms with Crippen LogP contribution in [0.5, 0.6) is 0 Å². The van der Waals surface area contributed by atoms with Gasteiger partial charge in [-0.05, 0) is 67.8 Å². The SMILES string of the molecule is O=C(O)[C@H](Cc1ccccc1)C(=O)C[C@H](CN[C@@H]1CCCCN(c2ccccc2)C1=O)Cc1ccccc1. The lowest BCUT2D eigenvalue weighted by Crippen LogP contribution is -2.47. The quantitative estimate of drug-likeness (QED) is 0.336. The van der Waals surface area contributed by atoms with Crippen molar-refractivity contribution in [1.82, 2.24) is 5.32 Å². The van der Waals surface area contributed by atoms with E-state index in [2.05, 4.69) is 5.32 Å². The van der Waals surface area contributed by atoms with Crippen molar-refractivity contribution in [2.24, 2.45) is 11.8 Å². The number of para-hydroxylation sites is 1. The van der Waals surface area contributed by atoms with Gasteiger partial charge in [0.05, 0.1) is 6.04 Å². The fourth-order valence-electron chi connectivity index (χ4n) is 5.18. The van der Waals surface area contributed by atoms with Crippen LogP contribution in [-0.4, -0.2) is 41.9 Å². The number of Topliss-reactive ketones (excluding diaryl/α,β-unsaturated/α-hetero) is 1. The van der Waals surface area contributed by atoms with Crippen LogP contribution in [0, 0.1) is 11.8 Å². The second-order valence-corrected chi connectivity index (χ2v) is 10.1. The maximum absolute atomic E-state index is 13.5. The molecule has 6 nitrogen and oxygen atoms in total. The minimum atomic E-state index is -1.09. The highest BCUT2D eigenvalue weighted by molar-refractivity contribution is 5.99. The highest BCUT2D eigenvalue weighted by Gasteiger charge is 2.31. The number of nitrogens with one attached hydrogen (secondary N) is 1. The van der Waals surface area contributed by atoms with E-state index in [0.717, 1.165) is 36.1 Å². The van der Waals surface area contributed by atoms with E-state index in [-0.39, 0.29) is 36.5 Å². The lowest BCUT2D eigenvalue weighted by Gasteiger charge is -2.27. The van der Waals surface area contributed by atoms with Crippen LogP contribution in [0.25, 0.3) is 0 Å². The normalized spacial score (nSPS) is 17.4. The van der Waals surface area contributed by atoms with Crippen molar-refractivity contribution >= 4 is 23.3 Å². The Hall–Kier alpha value is -3.77. The molecule has 3 aromatic carbocycles. The van der Waals surface area contributed by atoms with E-state index in [1.807, 2.05) is 95.9 Å². The molecule has 1 amide bonds. The minimum Gasteiger partial charge on any atom is -0.481 e. The molecule has 4 rings (SSSR count). The fraction of sp³-hybridized carbons (Fsp3) is 0.344. The first-order valence-electron chi connectivity index (χ1n) is 13.4. The van der Waals surface area contributed by atoms with Gasteiger partial charge in [-0.3, -0.25) is 14.4 Å². The average molecular weight is 513 g/mol. The molecule has 0 saturated carbocycles. The topological polar surface area (TPSA) is 86.7 Å². The Morgan fingerprint density at radius 1 is 0.842 bits per heavy atom. The van der Waals surface area contributed by atoms with Crippen LogP contribution in [0.2, 0.25) is 0 Å². The van der Waals surface area contributed by atoms with E-state index in [0.29, 0.717) is 19.5 Å². The lowest BCUT2D eigenvalue weighted by atomic mass is 9.86. The van der Waals surface area contributed by atoms with Crippen molar-refractivity contribution in [3.63, 3.8) is 0 Å². The summed E-state index contributed by atoms with van der Waals surface area (Å²) in [6.07, 6.45) is 3.54. The number of carboxylic acids is 1. The first-order chi connectivity index (χ1) is 18.5. The van der Waals surface area contributed by atoms with Crippen molar-refractivity contribution < 1.29 is 19.5 Å². The van der Waals surface area contributed by atoms with Gasteiger partial charge in [0.25, 0.3) is 0 Å². The first-order valence-corrected chi connectivity index (χ1v) is 13.4. The number of carbonyl (C=O) groups excluding carboxylic acids is 2. The second-order valence-electron chi connectivity index (χ2n) is 10.1. The number of nitrogens with zero attached hydrogens (tertiary/aromatic N) is 1. The molecule has 198 valence electrons. The molecule has 0 aliphatic carbocycles. The van der Waals surface area contributed by atoms with Gasteiger partial charge in [-0.2, -0.15) is 0 Å². The van der Waals surface area contributed by atoms with Gasteiger partial charge >= 0.3 is 5.97 Å². The Bertz CT molecular complexity index is 1180. The molecule has 0 bridgehead atoms. The van der Waals surface area contributed by atoms with Crippen LogP contribution in [0.15, 0.2) is 91.0 Å². The van der Waals surface area contributed by atoms with Crippen LogP contribution < -0.4 is 10.2 Å². The first kappa shape index (κ1) is 27.3. The lowest BCUT2D eigenvalue weighted by molar-refractivity contribution is -0.146. The van der Waals surface area contributed by atoms with E-state index in [1.165, 1.54) is 0 Å². The van der Waals surface area contributed by atoms with Crippen LogP contribution in [0.4, 0.5) is 5.69 Å². The Kier molecular flexibility index (Phi) is 9.82. The molecule has 1 aliphatic rings. The average Bonchev–Trinajstić information content (AvgIpc) is 3.12. The summed E-state index contributed by atoms with van der Waals surface area (Å²) in [7, 11) is 0. The Morgan fingerprint density at radius 2 is 1.42 bits per heavy atom. The fourth-order valence-corrected chi connectivity index (χ4v) is 5.18. The zero-order valence-electron chi connectivity index (χ0n) is 21.7. The summed E-state index contributed by atoms with van der Waals surface area (Å²) < 4.78 is 0. The van der Waals surface area contributed by atoms with Crippen LogP contribution in [0.1, 0.15) is 36.8 Å². The largest absolute Gasteiger partial charge is 0.481 e. The molecule has 0 spiro atoms. The number of ketones is 1. The molecule has 1 fully saturated rings. The summed E-state index contributed by atoms with van der Waals surface area (Å²) in [6.45, 7) is 1.14. The molecule has 3 atom stereocenters. The predicted octanol–water partition coefficient (Wildman–Crippen LogP) is 4.92. The van der Waals surface area contributed by atoms with Gasteiger partial charge in [-0.1, -0.05) is 78.9 Å². The van der Waals surface area contributed by atoms with Gasteiger partial charge in [0.1, 0.15) is 11.7 Å². The van der Waals surface area contributed by atoms with Crippen molar-refractivity contribution in [2.45, 2.75) is 44.6 Å². The Balaban J connectivity index is 1.47.